The van der Waals surface area contributed by atoms with E-state index < -0.39 is 12.2 Å². The van der Waals surface area contributed by atoms with Gasteiger partial charge in [-0.3, -0.25) is 0 Å². The third kappa shape index (κ3) is 6.66. The molecular weight excluding hydrogens is 234 g/mol. The van der Waals surface area contributed by atoms with Gasteiger partial charge >= 0.3 is 0 Å². The molecule has 0 aromatic rings. The minimum atomic E-state index is -0.766. The van der Waals surface area contributed by atoms with Crippen LogP contribution in [0, 0.1) is 5.92 Å². The maximum Gasteiger partial charge on any atom is 0.0897 e. The van der Waals surface area contributed by atoms with Gasteiger partial charge in [-0.05, 0) is 31.6 Å². The fourth-order valence-electron chi connectivity index (χ4n) is 2.18. The normalized spacial score (nSPS) is 28.0. The Hall–Kier alpha value is -0.200. The zero-order valence-corrected chi connectivity index (χ0v) is 11.2. The fraction of sp³-hybridized carbons (Fsp3) is 1.00. The van der Waals surface area contributed by atoms with E-state index in [9.17, 15) is 5.11 Å². The van der Waals surface area contributed by atoms with Crippen LogP contribution in [0.1, 0.15) is 32.6 Å². The molecule has 0 aromatic heterocycles. The Morgan fingerprint density at radius 3 is 2.33 bits per heavy atom. The van der Waals surface area contributed by atoms with Gasteiger partial charge in [-0.1, -0.05) is 6.92 Å². The van der Waals surface area contributed by atoms with Gasteiger partial charge in [0, 0.05) is 13.1 Å². The van der Waals surface area contributed by atoms with E-state index in [-0.39, 0.29) is 13.2 Å². The van der Waals surface area contributed by atoms with E-state index in [0.29, 0.717) is 19.3 Å². The maximum atomic E-state index is 9.69. The lowest BCUT2D eigenvalue weighted by Crippen LogP contribution is -2.37. The molecule has 108 valence electrons. The summed E-state index contributed by atoms with van der Waals surface area (Å²) in [6, 6.07) is 0. The molecule has 0 radical (unpaired) electrons. The Morgan fingerprint density at radius 2 is 1.72 bits per heavy atom. The predicted octanol–water partition coefficient (Wildman–Crippen LogP) is -0.115. The van der Waals surface area contributed by atoms with Crippen LogP contribution >= 0.6 is 0 Å². The second kappa shape index (κ2) is 8.82. The monoisotopic (exact) mass is 261 g/mol. The number of hydrogen-bond acceptors (Lipinski definition) is 5. The Morgan fingerprint density at radius 1 is 1.11 bits per heavy atom. The molecule has 4 N–H and O–H groups in total. The standard InChI is InChI=1S/C13H27NO4/c1-10-2-4-13(5-3-10)18-9-12(17)7-14-6-11(16)8-15/h10-17H,2-9H2,1H3. The van der Waals surface area contributed by atoms with Crippen molar-refractivity contribution in [3.63, 3.8) is 0 Å². The van der Waals surface area contributed by atoms with Gasteiger partial charge in [0.25, 0.3) is 0 Å². The first-order valence-electron chi connectivity index (χ1n) is 6.91. The van der Waals surface area contributed by atoms with Crippen LogP contribution in [0.25, 0.3) is 0 Å². The van der Waals surface area contributed by atoms with Gasteiger partial charge < -0.3 is 25.4 Å². The van der Waals surface area contributed by atoms with Gasteiger partial charge in [-0.25, -0.2) is 0 Å². The predicted molar refractivity (Wildman–Crippen MR) is 69.3 cm³/mol. The molecule has 0 spiro atoms. The van der Waals surface area contributed by atoms with Gasteiger partial charge in [0.1, 0.15) is 0 Å². The summed E-state index contributed by atoms with van der Waals surface area (Å²) in [5.41, 5.74) is 0. The summed E-state index contributed by atoms with van der Waals surface area (Å²) in [6.07, 6.45) is 3.56. The van der Waals surface area contributed by atoms with Crippen molar-refractivity contribution >= 4 is 0 Å². The zero-order valence-electron chi connectivity index (χ0n) is 11.2. The summed E-state index contributed by atoms with van der Waals surface area (Å²) in [5, 5.41) is 30.3. The molecule has 2 unspecified atom stereocenters. The Kier molecular flexibility index (Phi) is 7.77. The van der Waals surface area contributed by atoms with Crippen LogP contribution in [-0.4, -0.2) is 59.9 Å². The van der Waals surface area contributed by atoms with Crippen molar-refractivity contribution < 1.29 is 20.1 Å². The lowest BCUT2D eigenvalue weighted by molar-refractivity contribution is -0.0286. The van der Waals surface area contributed by atoms with Crippen molar-refractivity contribution in [2.24, 2.45) is 5.92 Å². The Labute approximate surface area is 109 Å². The molecule has 0 heterocycles. The summed E-state index contributed by atoms with van der Waals surface area (Å²) >= 11 is 0. The summed E-state index contributed by atoms with van der Waals surface area (Å²) in [5.74, 6) is 0.802. The maximum absolute atomic E-state index is 9.69. The van der Waals surface area contributed by atoms with Crippen molar-refractivity contribution in [1.29, 1.82) is 0 Å². The molecule has 5 nitrogen and oxygen atoms in total. The first kappa shape index (κ1) is 15.9. The van der Waals surface area contributed by atoms with Gasteiger partial charge in [-0.15, -0.1) is 0 Å². The summed E-state index contributed by atoms with van der Waals surface area (Å²) in [7, 11) is 0. The minimum Gasteiger partial charge on any atom is -0.394 e. The van der Waals surface area contributed by atoms with Crippen LogP contribution in [0.3, 0.4) is 0 Å². The van der Waals surface area contributed by atoms with E-state index in [1.165, 1.54) is 12.8 Å². The van der Waals surface area contributed by atoms with Crippen LogP contribution < -0.4 is 5.32 Å². The molecule has 1 aliphatic carbocycles. The van der Waals surface area contributed by atoms with E-state index in [1.807, 2.05) is 0 Å². The summed E-state index contributed by atoms with van der Waals surface area (Å²) in [4.78, 5) is 0. The SMILES string of the molecule is CC1CCC(OCC(O)CNCC(O)CO)CC1. The number of ether oxygens (including phenoxy) is 1. The van der Waals surface area contributed by atoms with Crippen LogP contribution in [0.2, 0.25) is 0 Å². The smallest absolute Gasteiger partial charge is 0.0897 e. The molecule has 1 aliphatic rings. The summed E-state index contributed by atoms with van der Waals surface area (Å²) < 4.78 is 5.68. The highest BCUT2D eigenvalue weighted by Crippen LogP contribution is 2.25. The highest BCUT2D eigenvalue weighted by molar-refractivity contribution is 4.71. The quantitative estimate of drug-likeness (QED) is 0.490. The largest absolute Gasteiger partial charge is 0.394 e. The van der Waals surface area contributed by atoms with Crippen molar-refractivity contribution in [1.82, 2.24) is 5.32 Å². The molecule has 0 amide bonds. The molecule has 1 saturated carbocycles. The second-order valence-corrected chi connectivity index (χ2v) is 5.36. The molecule has 18 heavy (non-hydrogen) atoms. The number of rotatable bonds is 8. The van der Waals surface area contributed by atoms with Crippen LogP contribution in [-0.2, 0) is 4.74 Å². The number of aliphatic hydroxyl groups excluding tert-OH is 3. The topological polar surface area (TPSA) is 82.0 Å². The molecular formula is C13H27NO4. The van der Waals surface area contributed by atoms with Gasteiger partial charge in [0.15, 0.2) is 0 Å². The molecule has 0 aromatic carbocycles. The molecule has 2 atom stereocenters. The molecule has 1 fully saturated rings. The van der Waals surface area contributed by atoms with Crippen molar-refractivity contribution in [2.75, 3.05) is 26.3 Å². The highest BCUT2D eigenvalue weighted by atomic mass is 16.5. The molecule has 0 aliphatic heterocycles. The number of nitrogens with one attached hydrogen (secondary N) is 1. The third-order valence-corrected chi connectivity index (χ3v) is 3.46. The van der Waals surface area contributed by atoms with E-state index >= 15 is 0 Å². The van der Waals surface area contributed by atoms with Crippen molar-refractivity contribution in [3.05, 3.63) is 0 Å². The van der Waals surface area contributed by atoms with E-state index in [1.54, 1.807) is 0 Å². The zero-order chi connectivity index (χ0) is 13.4. The first-order chi connectivity index (χ1) is 8.61. The average Bonchev–Trinajstić information content (AvgIpc) is 2.38. The van der Waals surface area contributed by atoms with Crippen LogP contribution in [0.15, 0.2) is 0 Å². The second-order valence-electron chi connectivity index (χ2n) is 5.36. The molecule has 1 rings (SSSR count). The van der Waals surface area contributed by atoms with E-state index in [4.69, 9.17) is 14.9 Å². The Balaban J connectivity index is 2.01. The molecule has 5 heteroatoms. The number of hydrogen-bond donors (Lipinski definition) is 4. The highest BCUT2D eigenvalue weighted by Gasteiger charge is 2.19. The van der Waals surface area contributed by atoms with Crippen LogP contribution in [0.5, 0.6) is 0 Å². The average molecular weight is 261 g/mol. The molecule has 0 saturated heterocycles. The van der Waals surface area contributed by atoms with E-state index in [0.717, 1.165) is 18.8 Å². The fourth-order valence-corrected chi connectivity index (χ4v) is 2.18. The van der Waals surface area contributed by atoms with Crippen LogP contribution in [0.4, 0.5) is 0 Å². The van der Waals surface area contributed by atoms with Gasteiger partial charge in [-0.2, -0.15) is 0 Å². The number of aliphatic hydroxyl groups is 3. The summed E-state index contributed by atoms with van der Waals surface area (Å²) in [6.45, 7) is 3.00. The Bertz CT molecular complexity index is 207. The van der Waals surface area contributed by atoms with Gasteiger partial charge in [0.2, 0.25) is 0 Å². The van der Waals surface area contributed by atoms with Crippen molar-refractivity contribution in [3.8, 4) is 0 Å². The van der Waals surface area contributed by atoms with E-state index in [2.05, 4.69) is 12.2 Å². The lowest BCUT2D eigenvalue weighted by Gasteiger charge is -2.27. The third-order valence-electron chi connectivity index (χ3n) is 3.46. The molecule has 0 bridgehead atoms. The van der Waals surface area contributed by atoms with Gasteiger partial charge in [0.05, 0.1) is 31.5 Å². The van der Waals surface area contributed by atoms with Crippen molar-refractivity contribution in [2.45, 2.75) is 50.9 Å². The lowest BCUT2D eigenvalue weighted by atomic mass is 9.89. The first-order valence-corrected chi connectivity index (χ1v) is 6.91. The minimum absolute atomic E-state index is 0.264.